The predicted molar refractivity (Wildman–Crippen MR) is 98.4 cm³/mol. The molecule has 4 nitrogen and oxygen atoms in total. The van der Waals surface area contributed by atoms with E-state index in [-0.39, 0.29) is 12.3 Å². The van der Waals surface area contributed by atoms with E-state index in [1.54, 1.807) is 17.4 Å². The first-order chi connectivity index (χ1) is 11.6. The number of carbonyl (C=O) groups is 1. The molecule has 0 unspecified atom stereocenters. The van der Waals surface area contributed by atoms with Gasteiger partial charge in [-0.3, -0.25) is 9.48 Å². The number of hydrogen-bond acceptors (Lipinski definition) is 3. The Hall–Kier alpha value is -2.11. The van der Waals surface area contributed by atoms with E-state index in [1.807, 2.05) is 41.3 Å². The predicted octanol–water partition coefficient (Wildman–Crippen LogP) is 3.93. The molecule has 0 radical (unpaired) electrons. The Morgan fingerprint density at radius 2 is 2.12 bits per heavy atom. The van der Waals surface area contributed by atoms with Crippen LogP contribution < -0.4 is 5.32 Å². The Morgan fingerprint density at radius 1 is 1.29 bits per heavy atom. The number of nitrogens with one attached hydrogen (secondary N) is 1. The molecule has 0 atom stereocenters. The van der Waals surface area contributed by atoms with E-state index in [4.69, 9.17) is 11.6 Å². The van der Waals surface area contributed by atoms with Gasteiger partial charge in [-0.15, -0.1) is 11.3 Å². The van der Waals surface area contributed by atoms with Crippen LogP contribution in [0, 0.1) is 6.92 Å². The fourth-order valence-corrected chi connectivity index (χ4v) is 3.34. The van der Waals surface area contributed by atoms with Gasteiger partial charge in [-0.25, -0.2) is 0 Å². The van der Waals surface area contributed by atoms with Crippen molar-refractivity contribution in [1.82, 2.24) is 15.1 Å². The smallest absolute Gasteiger partial charge is 0.224 e. The monoisotopic (exact) mass is 359 g/mol. The van der Waals surface area contributed by atoms with Crippen LogP contribution in [0.1, 0.15) is 11.3 Å². The second-order valence-electron chi connectivity index (χ2n) is 5.49. The molecule has 0 spiro atoms. The first-order valence-electron chi connectivity index (χ1n) is 7.72. The molecule has 3 aromatic rings. The molecule has 6 heteroatoms. The Morgan fingerprint density at radius 3 is 2.88 bits per heavy atom. The average molecular weight is 360 g/mol. The van der Waals surface area contributed by atoms with E-state index < -0.39 is 0 Å². The summed E-state index contributed by atoms with van der Waals surface area (Å²) < 4.78 is 1.92. The van der Waals surface area contributed by atoms with Gasteiger partial charge in [0.05, 0.1) is 17.8 Å². The standard InChI is InChI=1S/C18H18ClN3OS/c1-13-11-16(17-7-4-10-24-17)21-22(13)9-8-20-18(23)12-14-5-2-3-6-15(14)19/h2-7,10-11H,8-9,12H2,1H3,(H,20,23). The quantitative estimate of drug-likeness (QED) is 0.724. The van der Waals surface area contributed by atoms with Crippen molar-refractivity contribution < 1.29 is 4.79 Å². The molecular weight excluding hydrogens is 342 g/mol. The van der Waals surface area contributed by atoms with Crippen LogP contribution in [0.15, 0.2) is 47.8 Å². The van der Waals surface area contributed by atoms with Crippen molar-refractivity contribution in [3.63, 3.8) is 0 Å². The third-order valence-corrected chi connectivity index (χ3v) is 4.97. The van der Waals surface area contributed by atoms with Crippen molar-refractivity contribution in [3.05, 3.63) is 64.1 Å². The van der Waals surface area contributed by atoms with Crippen molar-refractivity contribution >= 4 is 28.8 Å². The number of aryl methyl sites for hydroxylation is 1. The van der Waals surface area contributed by atoms with Gasteiger partial charge in [0.2, 0.25) is 5.91 Å². The lowest BCUT2D eigenvalue weighted by Gasteiger charge is -2.08. The molecule has 1 N–H and O–H groups in total. The minimum Gasteiger partial charge on any atom is -0.354 e. The fourth-order valence-electron chi connectivity index (χ4n) is 2.46. The number of halogens is 1. The molecule has 0 saturated carbocycles. The van der Waals surface area contributed by atoms with Gasteiger partial charge in [0.1, 0.15) is 5.69 Å². The van der Waals surface area contributed by atoms with Gasteiger partial charge in [0, 0.05) is 17.3 Å². The molecule has 0 aliphatic heterocycles. The van der Waals surface area contributed by atoms with Gasteiger partial charge in [-0.05, 0) is 36.1 Å². The molecule has 24 heavy (non-hydrogen) atoms. The number of aromatic nitrogens is 2. The lowest BCUT2D eigenvalue weighted by molar-refractivity contribution is -0.120. The van der Waals surface area contributed by atoms with Crippen LogP contribution in [0.5, 0.6) is 0 Å². The summed E-state index contributed by atoms with van der Waals surface area (Å²) >= 11 is 7.75. The van der Waals surface area contributed by atoms with E-state index in [0.717, 1.165) is 21.8 Å². The number of amides is 1. The van der Waals surface area contributed by atoms with E-state index >= 15 is 0 Å². The van der Waals surface area contributed by atoms with Crippen molar-refractivity contribution in [2.45, 2.75) is 19.9 Å². The van der Waals surface area contributed by atoms with Crippen LogP contribution >= 0.6 is 22.9 Å². The molecule has 0 aliphatic rings. The van der Waals surface area contributed by atoms with E-state index in [1.165, 1.54) is 0 Å². The summed E-state index contributed by atoms with van der Waals surface area (Å²) in [5.74, 6) is -0.0358. The highest BCUT2D eigenvalue weighted by Gasteiger charge is 2.09. The summed E-state index contributed by atoms with van der Waals surface area (Å²) in [5, 5.41) is 10.2. The van der Waals surface area contributed by atoms with Gasteiger partial charge in [-0.2, -0.15) is 5.10 Å². The summed E-state index contributed by atoms with van der Waals surface area (Å²) in [6.07, 6.45) is 0.290. The number of nitrogens with zero attached hydrogens (tertiary/aromatic N) is 2. The molecular formula is C18H18ClN3OS. The second-order valence-corrected chi connectivity index (χ2v) is 6.84. The molecule has 2 heterocycles. The van der Waals surface area contributed by atoms with Crippen LogP contribution in [-0.4, -0.2) is 22.2 Å². The van der Waals surface area contributed by atoms with Crippen LogP contribution in [-0.2, 0) is 17.8 Å². The highest BCUT2D eigenvalue weighted by atomic mass is 35.5. The highest BCUT2D eigenvalue weighted by molar-refractivity contribution is 7.13. The lowest BCUT2D eigenvalue weighted by atomic mass is 10.1. The van der Waals surface area contributed by atoms with Crippen molar-refractivity contribution in [2.75, 3.05) is 6.54 Å². The zero-order valence-corrected chi connectivity index (χ0v) is 14.9. The summed E-state index contributed by atoms with van der Waals surface area (Å²) in [6.45, 7) is 3.21. The summed E-state index contributed by atoms with van der Waals surface area (Å²) in [5.41, 5.74) is 2.90. The lowest BCUT2D eigenvalue weighted by Crippen LogP contribution is -2.29. The van der Waals surface area contributed by atoms with Gasteiger partial charge in [0.15, 0.2) is 0 Å². The number of thiophene rings is 1. The average Bonchev–Trinajstić information content (AvgIpc) is 3.20. The van der Waals surface area contributed by atoms with Crippen LogP contribution in [0.3, 0.4) is 0 Å². The summed E-state index contributed by atoms with van der Waals surface area (Å²) in [7, 11) is 0. The van der Waals surface area contributed by atoms with Gasteiger partial charge in [-0.1, -0.05) is 35.9 Å². The maximum Gasteiger partial charge on any atom is 0.224 e. The third kappa shape index (κ3) is 4.04. The largest absolute Gasteiger partial charge is 0.354 e. The molecule has 0 bridgehead atoms. The number of rotatable bonds is 6. The SMILES string of the molecule is Cc1cc(-c2cccs2)nn1CCNC(=O)Cc1ccccc1Cl. The highest BCUT2D eigenvalue weighted by Crippen LogP contribution is 2.23. The zero-order chi connectivity index (χ0) is 16.9. The second kappa shape index (κ2) is 7.64. The number of carbonyl (C=O) groups excluding carboxylic acids is 1. The topological polar surface area (TPSA) is 46.9 Å². The molecule has 0 fully saturated rings. The first-order valence-corrected chi connectivity index (χ1v) is 8.97. The Labute approximate surface area is 150 Å². The fraction of sp³-hybridized carbons (Fsp3) is 0.222. The Kier molecular flexibility index (Phi) is 5.33. The Bertz CT molecular complexity index is 827. The van der Waals surface area contributed by atoms with Gasteiger partial charge >= 0.3 is 0 Å². The molecule has 0 saturated heterocycles. The summed E-state index contributed by atoms with van der Waals surface area (Å²) in [4.78, 5) is 13.2. The van der Waals surface area contributed by atoms with Crippen LogP contribution in [0.2, 0.25) is 5.02 Å². The van der Waals surface area contributed by atoms with E-state index in [9.17, 15) is 4.79 Å². The molecule has 124 valence electrons. The van der Waals surface area contributed by atoms with E-state index in [2.05, 4.69) is 22.5 Å². The van der Waals surface area contributed by atoms with Gasteiger partial charge < -0.3 is 5.32 Å². The first kappa shape index (κ1) is 16.7. The molecule has 0 aliphatic carbocycles. The molecule has 3 rings (SSSR count). The van der Waals surface area contributed by atoms with Crippen molar-refractivity contribution in [3.8, 4) is 10.6 Å². The Balaban J connectivity index is 1.53. The minimum atomic E-state index is -0.0358. The normalized spacial score (nSPS) is 10.8. The minimum absolute atomic E-state index is 0.0358. The van der Waals surface area contributed by atoms with Crippen LogP contribution in [0.4, 0.5) is 0 Å². The molecule has 1 amide bonds. The number of hydrogen-bond donors (Lipinski definition) is 1. The maximum atomic E-state index is 12.0. The van der Waals surface area contributed by atoms with Gasteiger partial charge in [0.25, 0.3) is 0 Å². The number of benzene rings is 1. The third-order valence-electron chi connectivity index (χ3n) is 3.71. The van der Waals surface area contributed by atoms with Crippen molar-refractivity contribution in [1.29, 1.82) is 0 Å². The van der Waals surface area contributed by atoms with Crippen LogP contribution in [0.25, 0.3) is 10.6 Å². The summed E-state index contributed by atoms with van der Waals surface area (Å²) in [6, 6.07) is 13.5. The molecule has 1 aromatic carbocycles. The zero-order valence-electron chi connectivity index (χ0n) is 13.3. The molecule has 2 aromatic heterocycles. The maximum absolute atomic E-state index is 12.0. The van der Waals surface area contributed by atoms with Crippen molar-refractivity contribution in [2.24, 2.45) is 0 Å². The van der Waals surface area contributed by atoms with E-state index in [0.29, 0.717) is 18.1 Å².